The van der Waals surface area contributed by atoms with Gasteiger partial charge in [0.1, 0.15) is 17.5 Å². The first-order valence-corrected chi connectivity index (χ1v) is 10.3. The molecule has 0 unspecified atom stereocenters. The van der Waals surface area contributed by atoms with E-state index >= 15 is 0 Å². The highest BCUT2D eigenvalue weighted by Gasteiger charge is 2.50. The van der Waals surface area contributed by atoms with Crippen LogP contribution in [0.2, 0.25) is 0 Å². The van der Waals surface area contributed by atoms with Crippen LogP contribution in [0.1, 0.15) is 6.42 Å². The summed E-state index contributed by atoms with van der Waals surface area (Å²) >= 11 is 0. The number of methoxy groups -OCH3 is 1. The monoisotopic (exact) mass is 437 g/mol. The fraction of sp³-hybridized carbons (Fsp3) is 0.412. The molecule has 0 saturated carbocycles. The topological polar surface area (TPSA) is 130 Å². The number of H-pyrrole nitrogens is 1. The second kappa shape index (κ2) is 8.08. The zero-order chi connectivity index (χ0) is 19.8. The number of hydrogen-bond donors (Lipinski definition) is 1. The molecule has 1 aliphatic heterocycles. The lowest BCUT2D eigenvalue weighted by atomic mass is 9.89. The van der Waals surface area contributed by atoms with Crippen molar-refractivity contribution in [3.05, 3.63) is 31.0 Å². The van der Waals surface area contributed by atoms with E-state index in [4.69, 9.17) is 4.74 Å². The minimum atomic E-state index is -3.42. The third kappa shape index (κ3) is 3.72. The number of nitriles is 1. The Morgan fingerprint density at radius 2 is 2.17 bits per heavy atom. The molecule has 29 heavy (non-hydrogen) atoms. The Morgan fingerprint density at radius 3 is 2.90 bits per heavy atom. The predicted octanol–water partition coefficient (Wildman–Crippen LogP) is 1.14. The lowest BCUT2D eigenvalue weighted by Gasteiger charge is -2.47. The van der Waals surface area contributed by atoms with Crippen molar-refractivity contribution < 1.29 is 13.2 Å². The molecule has 0 aromatic carbocycles. The lowest BCUT2D eigenvalue weighted by molar-refractivity contribution is 0.0710. The Balaban J connectivity index is 0.00000240. The number of aromatic nitrogens is 5. The molecule has 0 aliphatic carbocycles. The van der Waals surface area contributed by atoms with Crippen LogP contribution >= 0.6 is 12.4 Å². The molecule has 0 spiro atoms. The minimum absolute atomic E-state index is 0. The molecule has 1 fully saturated rings. The van der Waals surface area contributed by atoms with Gasteiger partial charge in [0.25, 0.3) is 0 Å². The number of hydrogen-bond acceptors (Lipinski definition) is 7. The molecule has 154 valence electrons. The number of nitrogens with zero attached hydrogens (tertiary/aromatic N) is 6. The molecule has 3 aromatic rings. The summed E-state index contributed by atoms with van der Waals surface area (Å²) in [7, 11) is -1.95. The van der Waals surface area contributed by atoms with Gasteiger partial charge in [0, 0.05) is 43.5 Å². The SMILES string of the molecule is COCCS(=O)(=O)N1CC(CC#N)(n2cc(-c3ncnc4[nH]ccc34)cn2)C1.Cl. The van der Waals surface area contributed by atoms with Crippen molar-refractivity contribution in [1.29, 1.82) is 5.26 Å². The smallest absolute Gasteiger partial charge is 0.216 e. The van der Waals surface area contributed by atoms with Gasteiger partial charge < -0.3 is 9.72 Å². The van der Waals surface area contributed by atoms with Gasteiger partial charge in [-0.05, 0) is 6.07 Å². The number of ether oxygens (including phenoxy) is 1. The number of sulfonamides is 1. The second-order valence-electron chi connectivity index (χ2n) is 6.77. The molecular weight excluding hydrogens is 418 g/mol. The molecule has 1 aliphatic rings. The van der Waals surface area contributed by atoms with Gasteiger partial charge in [-0.3, -0.25) is 4.68 Å². The van der Waals surface area contributed by atoms with Crippen molar-refractivity contribution in [3.63, 3.8) is 0 Å². The van der Waals surface area contributed by atoms with Crippen LogP contribution in [0, 0.1) is 11.3 Å². The maximum atomic E-state index is 12.4. The maximum absolute atomic E-state index is 12.4. The fourth-order valence-corrected chi connectivity index (χ4v) is 4.93. The van der Waals surface area contributed by atoms with Crippen molar-refractivity contribution in [2.24, 2.45) is 0 Å². The summed E-state index contributed by atoms with van der Waals surface area (Å²) in [5.74, 6) is -0.0805. The van der Waals surface area contributed by atoms with E-state index < -0.39 is 15.6 Å². The summed E-state index contributed by atoms with van der Waals surface area (Å²) < 4.78 is 32.6. The van der Waals surface area contributed by atoms with Crippen LogP contribution in [-0.4, -0.2) is 70.0 Å². The van der Waals surface area contributed by atoms with Crippen molar-refractivity contribution in [2.45, 2.75) is 12.0 Å². The van der Waals surface area contributed by atoms with Crippen molar-refractivity contribution in [2.75, 3.05) is 32.6 Å². The second-order valence-corrected chi connectivity index (χ2v) is 8.86. The van der Waals surface area contributed by atoms with E-state index in [0.29, 0.717) is 0 Å². The lowest BCUT2D eigenvalue weighted by Crippen LogP contribution is -2.64. The summed E-state index contributed by atoms with van der Waals surface area (Å²) in [4.78, 5) is 11.6. The maximum Gasteiger partial charge on any atom is 0.216 e. The predicted molar refractivity (Wildman–Crippen MR) is 108 cm³/mol. The zero-order valence-electron chi connectivity index (χ0n) is 15.6. The first-order valence-electron chi connectivity index (χ1n) is 8.66. The van der Waals surface area contributed by atoms with E-state index in [2.05, 4.69) is 26.1 Å². The summed E-state index contributed by atoms with van der Waals surface area (Å²) in [6, 6.07) is 4.05. The van der Waals surface area contributed by atoms with Crippen LogP contribution in [0.4, 0.5) is 0 Å². The van der Waals surface area contributed by atoms with E-state index in [-0.39, 0.29) is 44.3 Å². The quantitative estimate of drug-likeness (QED) is 0.586. The third-order valence-electron chi connectivity index (χ3n) is 4.98. The third-order valence-corrected chi connectivity index (χ3v) is 6.71. The van der Waals surface area contributed by atoms with Crippen LogP contribution in [0.3, 0.4) is 0 Å². The number of halogens is 1. The van der Waals surface area contributed by atoms with Gasteiger partial charge in [-0.2, -0.15) is 14.7 Å². The Labute approximate surface area is 174 Å². The standard InChI is InChI=1S/C17H19N7O3S.ClH/c1-27-6-7-28(25,26)23-10-17(11-23,3-4-18)24-9-13(8-22-24)15-14-2-5-19-16(14)21-12-20-15;/h2,5,8-9,12H,3,6-7,10-11H2,1H3,(H,19,20,21);1H. The molecule has 12 heteroatoms. The molecular formula is C17H20ClN7O3S. The molecule has 4 heterocycles. The minimum Gasteiger partial charge on any atom is -0.384 e. The normalized spacial score (nSPS) is 16.1. The molecule has 3 aromatic heterocycles. The van der Waals surface area contributed by atoms with Crippen LogP contribution in [0.25, 0.3) is 22.3 Å². The van der Waals surface area contributed by atoms with Gasteiger partial charge in [-0.15, -0.1) is 12.4 Å². The van der Waals surface area contributed by atoms with Gasteiger partial charge in [-0.25, -0.2) is 18.4 Å². The van der Waals surface area contributed by atoms with E-state index in [1.54, 1.807) is 17.1 Å². The van der Waals surface area contributed by atoms with Crippen molar-refractivity contribution in [1.82, 2.24) is 29.0 Å². The van der Waals surface area contributed by atoms with Gasteiger partial charge >= 0.3 is 0 Å². The Hall–Kier alpha value is -2.52. The first kappa shape index (κ1) is 21.2. The van der Waals surface area contributed by atoms with Crippen LogP contribution < -0.4 is 0 Å². The van der Waals surface area contributed by atoms with Gasteiger partial charge in [0.05, 0.1) is 36.7 Å². The summed E-state index contributed by atoms with van der Waals surface area (Å²) in [5, 5.41) is 14.6. The van der Waals surface area contributed by atoms with Gasteiger partial charge in [-0.1, -0.05) is 0 Å². The molecule has 1 N–H and O–H groups in total. The number of fused-ring (bicyclic) bond motifs is 1. The molecule has 0 radical (unpaired) electrons. The highest BCUT2D eigenvalue weighted by molar-refractivity contribution is 7.89. The molecule has 10 nitrogen and oxygen atoms in total. The fourth-order valence-electron chi connectivity index (χ4n) is 3.42. The van der Waals surface area contributed by atoms with E-state index in [1.807, 2.05) is 12.3 Å². The molecule has 1 saturated heterocycles. The van der Waals surface area contributed by atoms with E-state index in [0.717, 1.165) is 22.3 Å². The average Bonchev–Trinajstić information content (AvgIpc) is 3.31. The first-order chi connectivity index (χ1) is 13.5. The Kier molecular flexibility index (Phi) is 5.90. The number of rotatable bonds is 7. The Morgan fingerprint density at radius 1 is 1.38 bits per heavy atom. The largest absolute Gasteiger partial charge is 0.384 e. The van der Waals surface area contributed by atoms with Crippen LogP contribution in [0.15, 0.2) is 31.0 Å². The van der Waals surface area contributed by atoms with Crippen LogP contribution in [0.5, 0.6) is 0 Å². The van der Waals surface area contributed by atoms with Crippen molar-refractivity contribution >= 4 is 33.5 Å². The van der Waals surface area contributed by atoms with Gasteiger partial charge in [0.15, 0.2) is 0 Å². The molecule has 0 atom stereocenters. The summed E-state index contributed by atoms with van der Waals surface area (Å²) in [5.41, 5.74) is 1.55. The van der Waals surface area contributed by atoms with Crippen LogP contribution in [-0.2, 0) is 20.3 Å². The van der Waals surface area contributed by atoms with Gasteiger partial charge in [0.2, 0.25) is 10.0 Å². The Bertz CT molecular complexity index is 1150. The molecule has 4 rings (SSSR count). The highest BCUT2D eigenvalue weighted by Crippen LogP contribution is 2.35. The molecule has 0 bridgehead atoms. The molecule has 0 amide bonds. The van der Waals surface area contributed by atoms with E-state index in [1.165, 1.54) is 17.7 Å². The highest BCUT2D eigenvalue weighted by atomic mass is 35.5. The summed E-state index contributed by atoms with van der Waals surface area (Å²) in [6.07, 6.45) is 6.91. The number of aromatic amines is 1. The van der Waals surface area contributed by atoms with E-state index in [9.17, 15) is 13.7 Å². The average molecular weight is 438 g/mol. The number of nitrogens with one attached hydrogen (secondary N) is 1. The zero-order valence-corrected chi connectivity index (χ0v) is 17.3. The van der Waals surface area contributed by atoms with Crippen molar-refractivity contribution in [3.8, 4) is 17.3 Å². The summed E-state index contributed by atoms with van der Waals surface area (Å²) in [6.45, 7) is 0.546.